The fraction of sp³-hybridized carbons (Fsp3) is 0.500. The van der Waals surface area contributed by atoms with E-state index in [9.17, 15) is 19.2 Å². The molecule has 0 radical (unpaired) electrons. The molecule has 0 saturated heterocycles. The summed E-state index contributed by atoms with van der Waals surface area (Å²) < 4.78 is 0. The molecule has 0 unspecified atom stereocenters. The van der Waals surface area contributed by atoms with Crippen molar-refractivity contribution in [3.05, 3.63) is 34.9 Å². The molecule has 0 heterocycles. The zero-order chi connectivity index (χ0) is 19.6. The average molecular weight is 393 g/mol. The maximum atomic E-state index is 12.3. The highest BCUT2D eigenvalue weighted by Crippen LogP contribution is 2.28. The zero-order valence-corrected chi connectivity index (χ0v) is 16.0. The predicted octanol–water partition coefficient (Wildman–Crippen LogP) is 2.13. The summed E-state index contributed by atoms with van der Waals surface area (Å²) in [5, 5.41) is 5.76. The largest absolute Gasteiger partial charge is 0.356 e. The average Bonchev–Trinajstić information content (AvgIpc) is 2.72. The second-order valence-electron chi connectivity index (χ2n) is 6.90. The molecule has 2 amide bonds. The minimum Gasteiger partial charge on any atom is -0.356 e. The minimum atomic E-state index is -0.157. The Bertz CT molecular complexity index is 685. The van der Waals surface area contributed by atoms with E-state index in [0.29, 0.717) is 49.1 Å². The molecule has 2 rings (SSSR count). The van der Waals surface area contributed by atoms with E-state index in [-0.39, 0.29) is 23.6 Å². The molecule has 0 aliphatic heterocycles. The molecule has 1 fully saturated rings. The minimum absolute atomic E-state index is 0.00736. The van der Waals surface area contributed by atoms with Gasteiger partial charge in [0, 0.05) is 30.1 Å². The van der Waals surface area contributed by atoms with E-state index < -0.39 is 0 Å². The zero-order valence-electron chi connectivity index (χ0n) is 15.2. The maximum Gasteiger partial charge on any atom is 0.234 e. The topological polar surface area (TPSA) is 92.3 Å². The predicted molar refractivity (Wildman–Crippen MR) is 103 cm³/mol. The van der Waals surface area contributed by atoms with Crippen LogP contribution in [-0.2, 0) is 16.0 Å². The van der Waals surface area contributed by atoms with Crippen molar-refractivity contribution < 1.29 is 19.2 Å². The van der Waals surface area contributed by atoms with Crippen LogP contribution in [0, 0.1) is 11.8 Å². The maximum absolute atomic E-state index is 12.3. The molecule has 6 nitrogen and oxygen atoms in total. The molecule has 1 aliphatic carbocycles. The highest BCUT2D eigenvalue weighted by molar-refractivity contribution is 6.27. The van der Waals surface area contributed by atoms with Crippen molar-refractivity contribution in [1.82, 2.24) is 10.6 Å². The highest BCUT2D eigenvalue weighted by Gasteiger charge is 2.26. The second kappa shape index (κ2) is 10.8. The molecule has 7 heteroatoms. The molecule has 27 heavy (non-hydrogen) atoms. The van der Waals surface area contributed by atoms with Gasteiger partial charge < -0.3 is 10.6 Å². The first-order valence-electron chi connectivity index (χ1n) is 9.21. The van der Waals surface area contributed by atoms with E-state index in [0.717, 1.165) is 31.2 Å². The number of benzene rings is 1. The van der Waals surface area contributed by atoms with E-state index in [1.807, 2.05) is 0 Å². The van der Waals surface area contributed by atoms with E-state index in [2.05, 4.69) is 10.6 Å². The molecule has 0 spiro atoms. The van der Waals surface area contributed by atoms with E-state index >= 15 is 0 Å². The molecule has 1 aromatic carbocycles. The van der Waals surface area contributed by atoms with Gasteiger partial charge in [0.1, 0.15) is 5.88 Å². The number of rotatable bonds is 9. The van der Waals surface area contributed by atoms with E-state index in [1.54, 1.807) is 18.2 Å². The summed E-state index contributed by atoms with van der Waals surface area (Å²) in [7, 11) is 0. The van der Waals surface area contributed by atoms with Gasteiger partial charge in [-0.15, -0.1) is 11.6 Å². The fourth-order valence-electron chi connectivity index (χ4n) is 3.40. The van der Waals surface area contributed by atoms with Crippen LogP contribution in [0.2, 0.25) is 0 Å². The summed E-state index contributed by atoms with van der Waals surface area (Å²) in [5.41, 5.74) is 1.65. The number of carbonyl (C=O) groups is 4. The van der Waals surface area contributed by atoms with Gasteiger partial charge in [-0.25, -0.2) is 0 Å². The number of aldehydes is 2. The number of amides is 2. The van der Waals surface area contributed by atoms with Crippen LogP contribution in [0.15, 0.2) is 18.2 Å². The summed E-state index contributed by atoms with van der Waals surface area (Å²) >= 11 is 5.46. The molecule has 0 aromatic heterocycles. The standard InChI is InChI=1S/C20H25ClN2O4/c21-10-19(26)23-11-15-2-4-16(5-3-15)20(27)22-8-7-14-1-6-17(12-24)18(9-14)13-25/h1,6,9,12-13,15-16H,2-5,7-8,10-11H2,(H,22,27)(H,23,26)/t15-,16-. The molecule has 1 aromatic rings. The number of nitrogens with one attached hydrogen (secondary N) is 2. The Hall–Kier alpha value is -2.21. The van der Waals surface area contributed by atoms with Crippen LogP contribution in [0.4, 0.5) is 0 Å². The Labute approximate surface area is 164 Å². The summed E-state index contributed by atoms with van der Waals surface area (Å²) in [6, 6.07) is 5.10. The van der Waals surface area contributed by atoms with Gasteiger partial charge in [0.15, 0.2) is 12.6 Å². The lowest BCUT2D eigenvalue weighted by Gasteiger charge is -2.27. The monoisotopic (exact) mass is 392 g/mol. The van der Waals surface area contributed by atoms with E-state index in [4.69, 9.17) is 11.6 Å². The summed E-state index contributed by atoms with van der Waals surface area (Å²) in [6.07, 6.45) is 5.39. The smallest absolute Gasteiger partial charge is 0.234 e. The van der Waals surface area contributed by atoms with Crippen molar-refractivity contribution in [2.75, 3.05) is 19.0 Å². The Morgan fingerprint density at radius 2 is 1.74 bits per heavy atom. The first-order chi connectivity index (χ1) is 13.1. The third-order valence-electron chi connectivity index (χ3n) is 5.04. The van der Waals surface area contributed by atoms with Gasteiger partial charge in [-0.3, -0.25) is 19.2 Å². The lowest BCUT2D eigenvalue weighted by atomic mass is 9.81. The number of carbonyl (C=O) groups excluding carboxylic acids is 4. The third kappa shape index (κ3) is 6.47. The molecule has 0 bridgehead atoms. The van der Waals surface area contributed by atoms with Crippen molar-refractivity contribution in [3.63, 3.8) is 0 Å². The van der Waals surface area contributed by atoms with Crippen LogP contribution < -0.4 is 10.6 Å². The van der Waals surface area contributed by atoms with Crippen molar-refractivity contribution in [2.24, 2.45) is 11.8 Å². The molecular weight excluding hydrogens is 368 g/mol. The van der Waals surface area contributed by atoms with Crippen LogP contribution in [0.3, 0.4) is 0 Å². The lowest BCUT2D eigenvalue weighted by Crippen LogP contribution is -2.37. The summed E-state index contributed by atoms with van der Waals surface area (Å²) in [4.78, 5) is 45.4. The summed E-state index contributed by atoms with van der Waals surface area (Å²) in [5.74, 6) is 0.283. The number of alkyl halides is 1. The number of hydrogen-bond donors (Lipinski definition) is 2. The first kappa shape index (κ1) is 21.1. The Balaban J connectivity index is 1.71. The van der Waals surface area contributed by atoms with Crippen LogP contribution >= 0.6 is 11.6 Å². The van der Waals surface area contributed by atoms with Crippen molar-refractivity contribution in [2.45, 2.75) is 32.1 Å². The van der Waals surface area contributed by atoms with Crippen molar-refractivity contribution in [3.8, 4) is 0 Å². The molecule has 1 aliphatic rings. The van der Waals surface area contributed by atoms with Crippen molar-refractivity contribution in [1.29, 1.82) is 0 Å². The van der Waals surface area contributed by atoms with Gasteiger partial charge in [-0.05, 0) is 49.7 Å². The lowest BCUT2D eigenvalue weighted by molar-refractivity contribution is -0.126. The third-order valence-corrected chi connectivity index (χ3v) is 5.29. The molecule has 146 valence electrons. The van der Waals surface area contributed by atoms with Gasteiger partial charge in [0.25, 0.3) is 0 Å². The SMILES string of the molecule is O=Cc1ccc(CCNC(=O)[C@H]2CC[C@H](CNC(=O)CCl)CC2)cc1C=O. The highest BCUT2D eigenvalue weighted by atomic mass is 35.5. The Kier molecular flexibility index (Phi) is 8.45. The van der Waals surface area contributed by atoms with Crippen molar-refractivity contribution >= 4 is 36.0 Å². The molecule has 1 saturated carbocycles. The van der Waals surface area contributed by atoms with Crippen LogP contribution in [0.5, 0.6) is 0 Å². The normalized spacial score (nSPS) is 19.1. The number of hydrogen-bond acceptors (Lipinski definition) is 4. The van der Waals surface area contributed by atoms with Gasteiger partial charge in [0.05, 0.1) is 0 Å². The Morgan fingerprint density at radius 1 is 1.04 bits per heavy atom. The van der Waals surface area contributed by atoms with Gasteiger partial charge in [-0.1, -0.05) is 12.1 Å². The number of halogens is 1. The van der Waals surface area contributed by atoms with Crippen LogP contribution in [0.1, 0.15) is 52.0 Å². The van der Waals surface area contributed by atoms with Crippen LogP contribution in [0.25, 0.3) is 0 Å². The fourth-order valence-corrected chi connectivity index (χ4v) is 3.49. The van der Waals surface area contributed by atoms with Gasteiger partial charge in [-0.2, -0.15) is 0 Å². The molecular formula is C20H25ClN2O4. The quantitative estimate of drug-likeness (QED) is 0.497. The first-order valence-corrected chi connectivity index (χ1v) is 9.74. The molecule has 0 atom stereocenters. The second-order valence-corrected chi connectivity index (χ2v) is 7.16. The molecule has 2 N–H and O–H groups in total. The Morgan fingerprint density at radius 3 is 2.37 bits per heavy atom. The van der Waals surface area contributed by atoms with Gasteiger partial charge >= 0.3 is 0 Å². The van der Waals surface area contributed by atoms with Crippen LogP contribution in [-0.4, -0.2) is 43.4 Å². The van der Waals surface area contributed by atoms with E-state index in [1.165, 1.54) is 0 Å². The summed E-state index contributed by atoms with van der Waals surface area (Å²) in [6.45, 7) is 1.11. The van der Waals surface area contributed by atoms with Gasteiger partial charge in [0.2, 0.25) is 11.8 Å².